The van der Waals surface area contributed by atoms with Crippen LogP contribution in [0.5, 0.6) is 0 Å². The van der Waals surface area contributed by atoms with Gasteiger partial charge in [0.2, 0.25) is 0 Å². The highest BCUT2D eigenvalue weighted by Gasteiger charge is 2.29. The van der Waals surface area contributed by atoms with Crippen LogP contribution in [0.4, 0.5) is 4.39 Å². The summed E-state index contributed by atoms with van der Waals surface area (Å²) in [5, 5.41) is 19.3. The van der Waals surface area contributed by atoms with Crippen molar-refractivity contribution in [2.24, 2.45) is 0 Å². The summed E-state index contributed by atoms with van der Waals surface area (Å²) in [7, 11) is 0. The van der Waals surface area contributed by atoms with Crippen LogP contribution in [0.3, 0.4) is 0 Å². The zero-order valence-corrected chi connectivity index (χ0v) is 10.6. The van der Waals surface area contributed by atoms with Crippen molar-refractivity contribution in [2.45, 2.75) is 25.5 Å². The Morgan fingerprint density at radius 2 is 2.25 bits per heavy atom. The van der Waals surface area contributed by atoms with Crippen LogP contribution in [-0.2, 0) is 6.42 Å². The highest BCUT2D eigenvalue weighted by atomic mass is 19.1. The molecule has 1 unspecified atom stereocenters. The van der Waals surface area contributed by atoms with Crippen LogP contribution < -0.4 is 0 Å². The largest absolute Gasteiger partial charge is 0.476 e. The smallest absolute Gasteiger partial charge is 0.356 e. The molecule has 0 saturated heterocycles. The Kier molecular flexibility index (Phi) is 3.02. The number of aromatic carboxylic acids is 1. The highest BCUT2D eigenvalue weighted by Crippen LogP contribution is 2.32. The molecule has 5 nitrogen and oxygen atoms in total. The summed E-state index contributed by atoms with van der Waals surface area (Å²) in [6, 6.07) is 5.76. The third-order valence-electron chi connectivity index (χ3n) is 3.47. The molecule has 104 valence electrons. The van der Waals surface area contributed by atoms with Gasteiger partial charge < -0.3 is 14.8 Å². The third kappa shape index (κ3) is 1.98. The maximum Gasteiger partial charge on any atom is 0.356 e. The molecule has 2 N–H and O–H groups in total. The van der Waals surface area contributed by atoms with E-state index in [4.69, 9.17) is 0 Å². The standard InChI is InChI=1S/C14H13FN2O3/c15-9-4-1-3-8(7-9)13-16-12(14(19)20)10-5-2-6-11(18)17(10)13/h1,3-4,7,11,18H,2,5-6H2,(H,19,20). The number of hydrogen-bond donors (Lipinski definition) is 2. The van der Waals surface area contributed by atoms with Gasteiger partial charge in [0.1, 0.15) is 17.9 Å². The molecule has 0 amide bonds. The summed E-state index contributed by atoms with van der Waals surface area (Å²) in [6.45, 7) is 0. The van der Waals surface area contributed by atoms with Gasteiger partial charge in [0.05, 0.1) is 5.69 Å². The van der Waals surface area contributed by atoms with E-state index in [9.17, 15) is 19.4 Å². The molecule has 20 heavy (non-hydrogen) atoms. The van der Waals surface area contributed by atoms with Crippen molar-refractivity contribution < 1.29 is 19.4 Å². The van der Waals surface area contributed by atoms with Crippen LogP contribution in [0.25, 0.3) is 11.4 Å². The van der Waals surface area contributed by atoms with E-state index in [0.717, 1.165) is 0 Å². The van der Waals surface area contributed by atoms with Crippen molar-refractivity contribution in [2.75, 3.05) is 0 Å². The summed E-state index contributed by atoms with van der Waals surface area (Å²) in [5.41, 5.74) is 0.887. The molecule has 1 aliphatic rings. The molecule has 0 spiro atoms. The van der Waals surface area contributed by atoms with E-state index in [1.54, 1.807) is 6.07 Å². The number of rotatable bonds is 2. The number of aliphatic hydroxyl groups excluding tert-OH is 1. The average molecular weight is 276 g/mol. The number of benzene rings is 1. The fourth-order valence-electron chi connectivity index (χ4n) is 2.61. The predicted octanol–water partition coefficient (Wildman–Crippen LogP) is 2.21. The molecule has 0 fully saturated rings. The molecule has 2 aromatic rings. The van der Waals surface area contributed by atoms with Gasteiger partial charge in [-0.1, -0.05) is 12.1 Å². The lowest BCUT2D eigenvalue weighted by molar-refractivity contribution is 0.0678. The number of carbonyl (C=O) groups is 1. The van der Waals surface area contributed by atoms with Crippen molar-refractivity contribution in [3.63, 3.8) is 0 Å². The maximum absolute atomic E-state index is 13.3. The van der Waals surface area contributed by atoms with Crippen molar-refractivity contribution >= 4 is 5.97 Å². The molecule has 0 aliphatic carbocycles. The molecule has 3 rings (SSSR count). The van der Waals surface area contributed by atoms with Gasteiger partial charge in [0.25, 0.3) is 0 Å². The van der Waals surface area contributed by atoms with E-state index < -0.39 is 18.0 Å². The van der Waals surface area contributed by atoms with E-state index in [0.29, 0.717) is 36.3 Å². The Bertz CT molecular complexity index is 681. The first-order valence-corrected chi connectivity index (χ1v) is 6.36. The van der Waals surface area contributed by atoms with E-state index in [1.165, 1.54) is 22.8 Å². The number of hydrogen-bond acceptors (Lipinski definition) is 3. The second kappa shape index (κ2) is 4.72. The summed E-state index contributed by atoms with van der Waals surface area (Å²) < 4.78 is 14.8. The van der Waals surface area contributed by atoms with Crippen LogP contribution in [-0.4, -0.2) is 25.7 Å². The third-order valence-corrected chi connectivity index (χ3v) is 3.47. The lowest BCUT2D eigenvalue weighted by atomic mass is 10.1. The Morgan fingerprint density at radius 1 is 1.45 bits per heavy atom. The van der Waals surface area contributed by atoms with Crippen molar-refractivity contribution in [3.8, 4) is 11.4 Å². The van der Waals surface area contributed by atoms with Gasteiger partial charge >= 0.3 is 5.97 Å². The topological polar surface area (TPSA) is 75.3 Å². The number of carboxylic acid groups (broad SMARTS) is 1. The first kappa shape index (κ1) is 12.8. The number of carboxylic acids is 1. The Balaban J connectivity index is 2.23. The first-order chi connectivity index (χ1) is 9.58. The van der Waals surface area contributed by atoms with E-state index in [1.807, 2.05) is 0 Å². The van der Waals surface area contributed by atoms with Crippen molar-refractivity contribution in [3.05, 3.63) is 41.5 Å². The highest BCUT2D eigenvalue weighted by molar-refractivity contribution is 5.88. The van der Waals surface area contributed by atoms with E-state index in [-0.39, 0.29) is 5.69 Å². The fraction of sp³-hybridized carbons (Fsp3) is 0.286. The summed E-state index contributed by atoms with van der Waals surface area (Å²) in [5.74, 6) is -1.27. The summed E-state index contributed by atoms with van der Waals surface area (Å²) in [4.78, 5) is 15.3. The lowest BCUT2D eigenvalue weighted by Gasteiger charge is -2.23. The minimum Gasteiger partial charge on any atom is -0.476 e. The van der Waals surface area contributed by atoms with Gasteiger partial charge in [0.15, 0.2) is 5.69 Å². The molecule has 0 bridgehead atoms. The Labute approximate surface area is 114 Å². The minimum absolute atomic E-state index is 0.0667. The first-order valence-electron chi connectivity index (χ1n) is 6.36. The van der Waals surface area contributed by atoms with Gasteiger partial charge in [-0.3, -0.25) is 0 Å². The van der Waals surface area contributed by atoms with Gasteiger partial charge in [0, 0.05) is 5.56 Å². The summed E-state index contributed by atoms with van der Waals surface area (Å²) in [6.07, 6.45) is 0.958. The van der Waals surface area contributed by atoms with E-state index >= 15 is 0 Å². The Hall–Kier alpha value is -2.21. The molecule has 6 heteroatoms. The Morgan fingerprint density at radius 3 is 2.95 bits per heavy atom. The number of imidazole rings is 1. The number of aromatic nitrogens is 2. The van der Waals surface area contributed by atoms with E-state index in [2.05, 4.69) is 4.98 Å². The molecule has 2 heterocycles. The molecular formula is C14H13FN2O3. The molecule has 1 aromatic heterocycles. The molecule has 1 aliphatic heterocycles. The number of fused-ring (bicyclic) bond motifs is 1. The quantitative estimate of drug-likeness (QED) is 0.881. The number of nitrogens with zero attached hydrogens (tertiary/aromatic N) is 2. The second-order valence-corrected chi connectivity index (χ2v) is 4.79. The minimum atomic E-state index is -1.13. The number of aliphatic hydroxyl groups is 1. The SMILES string of the molecule is O=C(O)c1nc(-c2cccc(F)c2)n2c1CCCC2O. The molecule has 1 aromatic carbocycles. The average Bonchev–Trinajstić information content (AvgIpc) is 2.80. The maximum atomic E-state index is 13.3. The fourth-order valence-corrected chi connectivity index (χ4v) is 2.61. The van der Waals surface area contributed by atoms with Crippen LogP contribution in [0, 0.1) is 5.82 Å². The summed E-state index contributed by atoms with van der Waals surface area (Å²) >= 11 is 0. The zero-order valence-electron chi connectivity index (χ0n) is 10.6. The van der Waals surface area contributed by atoms with Gasteiger partial charge in [-0.05, 0) is 31.4 Å². The van der Waals surface area contributed by atoms with Gasteiger partial charge in [-0.25, -0.2) is 14.2 Å². The van der Waals surface area contributed by atoms with Gasteiger partial charge in [-0.15, -0.1) is 0 Å². The molecule has 1 atom stereocenters. The zero-order chi connectivity index (χ0) is 14.3. The lowest BCUT2D eigenvalue weighted by Crippen LogP contribution is -2.19. The van der Waals surface area contributed by atoms with Crippen LogP contribution in [0.15, 0.2) is 24.3 Å². The number of halogens is 1. The molecule has 0 saturated carbocycles. The second-order valence-electron chi connectivity index (χ2n) is 4.79. The van der Waals surface area contributed by atoms with Crippen molar-refractivity contribution in [1.29, 1.82) is 0 Å². The predicted molar refractivity (Wildman–Crippen MR) is 68.8 cm³/mol. The van der Waals surface area contributed by atoms with Gasteiger partial charge in [-0.2, -0.15) is 0 Å². The van der Waals surface area contributed by atoms with Crippen LogP contribution in [0.2, 0.25) is 0 Å². The van der Waals surface area contributed by atoms with Crippen LogP contribution in [0.1, 0.15) is 35.3 Å². The molecular weight excluding hydrogens is 263 g/mol. The van der Waals surface area contributed by atoms with Crippen molar-refractivity contribution in [1.82, 2.24) is 9.55 Å². The van der Waals surface area contributed by atoms with Crippen LogP contribution >= 0.6 is 0 Å². The molecule has 0 radical (unpaired) electrons. The normalized spacial score (nSPS) is 17.8. The monoisotopic (exact) mass is 276 g/mol.